The average Bonchev–Trinajstić information content (AvgIpc) is 2.66. The Bertz CT molecular complexity index is 939. The minimum absolute atomic E-state index is 0.00168. The van der Waals surface area contributed by atoms with Gasteiger partial charge in [-0.25, -0.2) is 13.2 Å². The Morgan fingerprint density at radius 3 is 2.26 bits per heavy atom. The van der Waals surface area contributed by atoms with E-state index >= 15 is 0 Å². The number of esters is 1. The zero-order chi connectivity index (χ0) is 20.0. The summed E-state index contributed by atoms with van der Waals surface area (Å²) in [6, 6.07) is 11.9. The van der Waals surface area contributed by atoms with Crippen molar-refractivity contribution in [2.75, 3.05) is 19.7 Å². The van der Waals surface area contributed by atoms with Crippen LogP contribution in [0.1, 0.15) is 34.6 Å². The molecule has 0 aromatic heterocycles. The van der Waals surface area contributed by atoms with Gasteiger partial charge >= 0.3 is 5.97 Å². The third-order valence-electron chi connectivity index (χ3n) is 3.89. The fourth-order valence-corrected chi connectivity index (χ4v) is 4.15. The van der Waals surface area contributed by atoms with E-state index in [1.54, 1.807) is 32.0 Å². The van der Waals surface area contributed by atoms with Crippen molar-refractivity contribution in [3.05, 3.63) is 64.7 Å². The van der Waals surface area contributed by atoms with Crippen LogP contribution in [0.3, 0.4) is 0 Å². The lowest BCUT2D eigenvalue weighted by molar-refractivity contribution is 0.0474. The molecule has 2 rings (SSSR count). The summed E-state index contributed by atoms with van der Waals surface area (Å²) in [6.07, 6.45) is 0. The predicted molar refractivity (Wildman–Crippen MR) is 103 cm³/mol. The third kappa shape index (κ3) is 5.15. The molecule has 0 heterocycles. The van der Waals surface area contributed by atoms with Crippen molar-refractivity contribution >= 4 is 33.4 Å². The minimum Gasteiger partial charge on any atom is -0.454 e. The van der Waals surface area contributed by atoms with Gasteiger partial charge < -0.3 is 4.74 Å². The van der Waals surface area contributed by atoms with E-state index in [9.17, 15) is 18.0 Å². The molecule has 2 aromatic rings. The van der Waals surface area contributed by atoms with Gasteiger partial charge in [-0.05, 0) is 30.3 Å². The molecule has 0 atom stereocenters. The van der Waals surface area contributed by atoms with Crippen molar-refractivity contribution in [1.29, 1.82) is 0 Å². The summed E-state index contributed by atoms with van der Waals surface area (Å²) < 4.78 is 31.4. The number of ether oxygens (including phenoxy) is 1. The van der Waals surface area contributed by atoms with Gasteiger partial charge in [-0.2, -0.15) is 4.31 Å². The van der Waals surface area contributed by atoms with Gasteiger partial charge in [0, 0.05) is 23.7 Å². The number of sulfonamides is 1. The SMILES string of the molecule is CCN(CC)S(=O)(=O)c1cccc(C(=O)OCC(=O)c2cccc(Cl)c2)c1. The van der Waals surface area contributed by atoms with Crippen molar-refractivity contribution < 1.29 is 22.7 Å². The molecule has 0 unspecified atom stereocenters. The number of hydrogen-bond donors (Lipinski definition) is 0. The number of Topliss-reactive ketones (excluding diaryl/α,β-unsaturated/α-hetero) is 1. The lowest BCUT2D eigenvalue weighted by Gasteiger charge is -2.18. The second-order valence-electron chi connectivity index (χ2n) is 5.63. The maximum Gasteiger partial charge on any atom is 0.338 e. The van der Waals surface area contributed by atoms with E-state index in [1.807, 2.05) is 0 Å². The van der Waals surface area contributed by atoms with Crippen molar-refractivity contribution in [3.8, 4) is 0 Å². The molecule has 0 saturated heterocycles. The summed E-state index contributed by atoms with van der Waals surface area (Å²) in [5.74, 6) is -1.18. The number of carbonyl (C=O) groups is 2. The van der Waals surface area contributed by atoms with Crippen molar-refractivity contribution in [2.45, 2.75) is 18.7 Å². The van der Waals surface area contributed by atoms with Gasteiger partial charge in [0.05, 0.1) is 10.5 Å². The van der Waals surface area contributed by atoms with Crippen LogP contribution in [0.5, 0.6) is 0 Å². The maximum atomic E-state index is 12.6. The topological polar surface area (TPSA) is 80.8 Å². The van der Waals surface area contributed by atoms with E-state index < -0.39 is 28.4 Å². The van der Waals surface area contributed by atoms with E-state index in [4.69, 9.17) is 16.3 Å². The number of benzene rings is 2. The largest absolute Gasteiger partial charge is 0.454 e. The monoisotopic (exact) mass is 409 g/mol. The highest BCUT2D eigenvalue weighted by Gasteiger charge is 2.23. The van der Waals surface area contributed by atoms with Crippen LogP contribution in [0.4, 0.5) is 0 Å². The third-order valence-corrected chi connectivity index (χ3v) is 6.17. The molecule has 27 heavy (non-hydrogen) atoms. The number of hydrogen-bond acceptors (Lipinski definition) is 5. The van der Waals surface area contributed by atoms with E-state index in [0.29, 0.717) is 23.7 Å². The zero-order valence-corrected chi connectivity index (χ0v) is 16.6. The standard InChI is InChI=1S/C19H20ClNO5S/c1-3-21(4-2)27(24,25)17-10-6-8-15(12-17)19(23)26-13-18(22)14-7-5-9-16(20)11-14/h5-12H,3-4,13H2,1-2H3. The van der Waals surface area contributed by atoms with Gasteiger partial charge in [0.2, 0.25) is 10.0 Å². The molecule has 6 nitrogen and oxygen atoms in total. The molecule has 0 bridgehead atoms. The Morgan fingerprint density at radius 2 is 1.63 bits per heavy atom. The Labute approximate surface area is 163 Å². The predicted octanol–water partition coefficient (Wildman–Crippen LogP) is 3.41. The summed E-state index contributed by atoms with van der Waals surface area (Å²) in [4.78, 5) is 24.3. The molecule has 8 heteroatoms. The summed E-state index contributed by atoms with van der Waals surface area (Å²) in [6.45, 7) is 3.65. The molecular formula is C19H20ClNO5S. The van der Waals surface area contributed by atoms with Crippen molar-refractivity contribution in [2.24, 2.45) is 0 Å². The maximum absolute atomic E-state index is 12.6. The van der Waals surface area contributed by atoms with Crippen LogP contribution in [0.2, 0.25) is 5.02 Å². The molecule has 2 aromatic carbocycles. The summed E-state index contributed by atoms with van der Waals surface area (Å²) >= 11 is 5.84. The summed E-state index contributed by atoms with van der Waals surface area (Å²) in [5, 5.41) is 0.404. The highest BCUT2D eigenvalue weighted by molar-refractivity contribution is 7.89. The Morgan fingerprint density at radius 1 is 1.00 bits per heavy atom. The van der Waals surface area contributed by atoms with E-state index in [1.165, 1.54) is 34.6 Å². The van der Waals surface area contributed by atoms with Crippen LogP contribution in [0.25, 0.3) is 0 Å². The normalized spacial score (nSPS) is 11.4. The first-order valence-electron chi connectivity index (χ1n) is 8.35. The van der Waals surface area contributed by atoms with Crippen LogP contribution in [0.15, 0.2) is 53.4 Å². The van der Waals surface area contributed by atoms with Crippen LogP contribution in [-0.2, 0) is 14.8 Å². The first kappa shape index (κ1) is 21.1. The molecule has 0 aliphatic carbocycles. The average molecular weight is 410 g/mol. The molecule has 0 aliphatic heterocycles. The lowest BCUT2D eigenvalue weighted by atomic mass is 10.1. The van der Waals surface area contributed by atoms with E-state index in [2.05, 4.69) is 0 Å². The van der Waals surface area contributed by atoms with Crippen molar-refractivity contribution in [3.63, 3.8) is 0 Å². The Balaban J connectivity index is 2.12. The van der Waals surface area contributed by atoms with E-state index in [0.717, 1.165) is 0 Å². The van der Waals surface area contributed by atoms with Crippen LogP contribution < -0.4 is 0 Å². The number of nitrogens with zero attached hydrogens (tertiary/aromatic N) is 1. The first-order valence-corrected chi connectivity index (χ1v) is 10.2. The van der Waals surface area contributed by atoms with Gasteiger partial charge in [-0.3, -0.25) is 4.79 Å². The van der Waals surface area contributed by atoms with Gasteiger partial charge in [0.15, 0.2) is 12.4 Å². The fraction of sp³-hybridized carbons (Fsp3) is 0.263. The molecular weight excluding hydrogens is 390 g/mol. The number of carbonyl (C=O) groups excluding carboxylic acids is 2. The van der Waals surface area contributed by atoms with Gasteiger partial charge in [0.1, 0.15) is 0 Å². The van der Waals surface area contributed by atoms with Crippen molar-refractivity contribution in [1.82, 2.24) is 4.31 Å². The lowest BCUT2D eigenvalue weighted by Crippen LogP contribution is -2.30. The minimum atomic E-state index is -3.69. The van der Waals surface area contributed by atoms with Crippen LogP contribution in [-0.4, -0.2) is 44.2 Å². The molecule has 0 radical (unpaired) electrons. The molecule has 0 aliphatic rings. The highest BCUT2D eigenvalue weighted by atomic mass is 35.5. The van der Waals surface area contributed by atoms with Crippen LogP contribution >= 0.6 is 11.6 Å². The highest BCUT2D eigenvalue weighted by Crippen LogP contribution is 2.18. The Hall–Kier alpha value is -2.22. The summed E-state index contributed by atoms with van der Waals surface area (Å²) in [5.41, 5.74) is 0.385. The zero-order valence-electron chi connectivity index (χ0n) is 15.0. The summed E-state index contributed by atoms with van der Waals surface area (Å²) in [7, 11) is -3.69. The van der Waals surface area contributed by atoms with E-state index in [-0.39, 0.29) is 10.5 Å². The molecule has 0 fully saturated rings. The molecule has 0 amide bonds. The van der Waals surface area contributed by atoms with Gasteiger partial charge in [-0.1, -0.05) is 43.6 Å². The second kappa shape index (κ2) is 9.12. The molecule has 144 valence electrons. The first-order chi connectivity index (χ1) is 12.8. The number of rotatable bonds is 8. The van der Waals surface area contributed by atoms with Gasteiger partial charge in [-0.15, -0.1) is 0 Å². The second-order valence-corrected chi connectivity index (χ2v) is 8.00. The number of halogens is 1. The fourth-order valence-electron chi connectivity index (χ4n) is 2.46. The Kier molecular flexibility index (Phi) is 7.12. The molecule has 0 spiro atoms. The molecule has 0 saturated carbocycles. The molecule has 0 N–H and O–H groups in total. The smallest absolute Gasteiger partial charge is 0.338 e. The quantitative estimate of drug-likeness (QED) is 0.493. The number of ketones is 1. The van der Waals surface area contributed by atoms with Gasteiger partial charge in [0.25, 0.3) is 0 Å². The van der Waals surface area contributed by atoms with Crippen LogP contribution in [0, 0.1) is 0 Å².